The van der Waals surface area contributed by atoms with Gasteiger partial charge in [-0.05, 0) is 60.1 Å². The van der Waals surface area contributed by atoms with E-state index in [0.717, 1.165) is 19.4 Å². The van der Waals surface area contributed by atoms with E-state index in [0.29, 0.717) is 9.99 Å². The summed E-state index contributed by atoms with van der Waals surface area (Å²) in [6.45, 7) is 1.01. The van der Waals surface area contributed by atoms with Gasteiger partial charge in [0.05, 0.1) is 16.6 Å². The molecular formula is C13H16INO5S. The van der Waals surface area contributed by atoms with Gasteiger partial charge in [0.2, 0.25) is 10.0 Å². The molecule has 0 amide bonds. The predicted octanol–water partition coefficient (Wildman–Crippen LogP) is 1.84. The van der Waals surface area contributed by atoms with Gasteiger partial charge in [0.15, 0.2) is 0 Å². The van der Waals surface area contributed by atoms with E-state index >= 15 is 0 Å². The molecule has 1 heterocycles. The molecule has 1 atom stereocenters. The minimum Gasteiger partial charge on any atom is -0.478 e. The highest BCUT2D eigenvalue weighted by Gasteiger charge is 2.20. The second kappa shape index (κ2) is 7.03. The van der Waals surface area contributed by atoms with Crippen LogP contribution in [0.4, 0.5) is 0 Å². The Bertz CT molecular complexity index is 625. The summed E-state index contributed by atoms with van der Waals surface area (Å²) >= 11 is 1.86. The lowest BCUT2D eigenvalue weighted by molar-refractivity contribution is 0.0695. The lowest BCUT2D eigenvalue weighted by Crippen LogP contribution is -2.27. The second-order valence-electron chi connectivity index (χ2n) is 4.77. The molecule has 0 radical (unpaired) electrons. The molecule has 2 N–H and O–H groups in total. The Kier molecular flexibility index (Phi) is 5.58. The van der Waals surface area contributed by atoms with Crippen molar-refractivity contribution >= 4 is 38.6 Å². The summed E-state index contributed by atoms with van der Waals surface area (Å²) in [5.74, 6) is -1.14. The maximum absolute atomic E-state index is 12.1. The second-order valence-corrected chi connectivity index (χ2v) is 7.70. The van der Waals surface area contributed by atoms with Crippen molar-refractivity contribution in [3.05, 3.63) is 27.3 Å². The molecule has 21 heavy (non-hydrogen) atoms. The van der Waals surface area contributed by atoms with Crippen molar-refractivity contribution in [3.8, 4) is 0 Å². The number of carboxylic acids is 1. The first-order chi connectivity index (χ1) is 9.90. The van der Waals surface area contributed by atoms with Crippen LogP contribution in [-0.2, 0) is 14.8 Å². The third-order valence-electron chi connectivity index (χ3n) is 3.26. The zero-order valence-corrected chi connectivity index (χ0v) is 14.2. The van der Waals surface area contributed by atoms with Crippen molar-refractivity contribution in [2.75, 3.05) is 13.2 Å². The quantitative estimate of drug-likeness (QED) is 0.679. The number of rotatable bonds is 6. The van der Waals surface area contributed by atoms with Gasteiger partial charge in [0, 0.05) is 16.7 Å². The Morgan fingerprint density at radius 1 is 1.48 bits per heavy atom. The smallest absolute Gasteiger partial charge is 0.336 e. The highest BCUT2D eigenvalue weighted by Crippen LogP contribution is 2.19. The molecule has 1 saturated heterocycles. The molecule has 0 aliphatic carbocycles. The van der Waals surface area contributed by atoms with E-state index in [9.17, 15) is 13.2 Å². The molecule has 2 rings (SSSR count). The fourth-order valence-corrected chi connectivity index (χ4v) is 3.78. The third-order valence-corrected chi connectivity index (χ3v) is 5.66. The first-order valence-electron chi connectivity index (χ1n) is 6.54. The number of aromatic carboxylic acids is 1. The number of hydrogen-bond donors (Lipinski definition) is 2. The molecule has 0 spiro atoms. The normalized spacial score (nSPS) is 18.8. The minimum atomic E-state index is -3.70. The van der Waals surface area contributed by atoms with Gasteiger partial charge in [-0.1, -0.05) is 0 Å². The summed E-state index contributed by atoms with van der Waals surface area (Å²) in [6.07, 6.45) is 2.69. The lowest BCUT2D eigenvalue weighted by atomic mass is 10.2. The van der Waals surface area contributed by atoms with Crippen LogP contribution in [-0.4, -0.2) is 38.7 Å². The van der Waals surface area contributed by atoms with Crippen LogP contribution in [0.2, 0.25) is 0 Å². The summed E-state index contributed by atoms with van der Waals surface area (Å²) < 4.78 is 32.7. The van der Waals surface area contributed by atoms with Crippen LogP contribution >= 0.6 is 22.6 Å². The number of nitrogens with one attached hydrogen (secondary N) is 1. The van der Waals surface area contributed by atoms with Gasteiger partial charge in [0.1, 0.15) is 0 Å². The van der Waals surface area contributed by atoms with Crippen LogP contribution in [0.15, 0.2) is 23.1 Å². The summed E-state index contributed by atoms with van der Waals surface area (Å²) in [5, 5.41) is 9.04. The van der Waals surface area contributed by atoms with Crippen molar-refractivity contribution in [2.24, 2.45) is 0 Å². The van der Waals surface area contributed by atoms with Crippen LogP contribution in [0.5, 0.6) is 0 Å². The number of benzene rings is 1. The van der Waals surface area contributed by atoms with Crippen molar-refractivity contribution in [2.45, 2.75) is 30.3 Å². The molecule has 1 aliphatic rings. The largest absolute Gasteiger partial charge is 0.478 e. The Balaban J connectivity index is 2.04. The number of carboxylic acid groups (broad SMARTS) is 1. The number of halogens is 1. The Morgan fingerprint density at radius 3 is 2.86 bits per heavy atom. The van der Waals surface area contributed by atoms with Gasteiger partial charge < -0.3 is 9.84 Å². The van der Waals surface area contributed by atoms with Crippen molar-refractivity contribution < 1.29 is 23.1 Å². The average Bonchev–Trinajstić information content (AvgIpc) is 2.91. The van der Waals surface area contributed by atoms with E-state index in [4.69, 9.17) is 9.84 Å². The SMILES string of the molecule is O=C(O)c1cc(S(=O)(=O)NCCC2CCCO2)ccc1I. The topological polar surface area (TPSA) is 92.7 Å². The molecule has 1 aromatic rings. The molecule has 0 aromatic heterocycles. The summed E-state index contributed by atoms with van der Waals surface area (Å²) in [7, 11) is -3.70. The maximum atomic E-state index is 12.1. The molecule has 1 fully saturated rings. The summed E-state index contributed by atoms with van der Waals surface area (Å²) in [5.41, 5.74) is -0.0161. The van der Waals surface area contributed by atoms with Crippen molar-refractivity contribution in [3.63, 3.8) is 0 Å². The monoisotopic (exact) mass is 425 g/mol. The van der Waals surface area contributed by atoms with Crippen molar-refractivity contribution in [1.82, 2.24) is 4.72 Å². The van der Waals surface area contributed by atoms with Crippen LogP contribution in [0.3, 0.4) is 0 Å². The first-order valence-corrected chi connectivity index (χ1v) is 9.10. The first kappa shape index (κ1) is 16.7. The number of sulfonamides is 1. The van der Waals surface area contributed by atoms with E-state index in [-0.39, 0.29) is 23.1 Å². The number of hydrogen-bond acceptors (Lipinski definition) is 4. The Hall–Kier alpha value is -0.710. The van der Waals surface area contributed by atoms with Crippen LogP contribution < -0.4 is 4.72 Å². The fraction of sp³-hybridized carbons (Fsp3) is 0.462. The summed E-state index contributed by atoms with van der Waals surface area (Å²) in [4.78, 5) is 11.0. The average molecular weight is 425 g/mol. The van der Waals surface area contributed by atoms with Gasteiger partial charge in [-0.3, -0.25) is 0 Å². The third kappa shape index (κ3) is 4.38. The van der Waals surface area contributed by atoms with Gasteiger partial charge >= 0.3 is 5.97 Å². The van der Waals surface area contributed by atoms with Crippen LogP contribution in [0, 0.1) is 3.57 Å². The van der Waals surface area contributed by atoms with Gasteiger partial charge in [-0.15, -0.1) is 0 Å². The van der Waals surface area contributed by atoms with E-state index in [1.165, 1.54) is 18.2 Å². The molecule has 1 unspecified atom stereocenters. The zero-order valence-electron chi connectivity index (χ0n) is 11.2. The standard InChI is InChI=1S/C13H16INO5S/c14-12-4-3-10(8-11(12)13(16)17)21(18,19)15-6-5-9-2-1-7-20-9/h3-4,8-9,15H,1-2,5-7H2,(H,16,17). The predicted molar refractivity (Wildman–Crippen MR) is 84.9 cm³/mol. The van der Waals surface area contributed by atoms with E-state index in [2.05, 4.69) is 4.72 Å². The number of carbonyl (C=O) groups is 1. The highest BCUT2D eigenvalue weighted by molar-refractivity contribution is 14.1. The molecule has 0 saturated carbocycles. The highest BCUT2D eigenvalue weighted by atomic mass is 127. The van der Waals surface area contributed by atoms with Gasteiger partial charge in [0.25, 0.3) is 0 Å². The lowest BCUT2D eigenvalue weighted by Gasteiger charge is -2.11. The zero-order chi connectivity index (χ0) is 15.5. The molecule has 0 bridgehead atoms. The van der Waals surface area contributed by atoms with Gasteiger partial charge in [-0.25, -0.2) is 17.9 Å². The van der Waals surface area contributed by atoms with Crippen molar-refractivity contribution in [1.29, 1.82) is 0 Å². The summed E-state index contributed by atoms with van der Waals surface area (Å²) in [6, 6.07) is 4.07. The minimum absolute atomic E-state index is 0.0161. The Labute approximate surface area is 137 Å². The molecule has 116 valence electrons. The molecule has 1 aliphatic heterocycles. The number of ether oxygens (including phenoxy) is 1. The van der Waals surface area contributed by atoms with E-state index < -0.39 is 16.0 Å². The van der Waals surface area contributed by atoms with E-state index in [1.54, 1.807) is 0 Å². The van der Waals surface area contributed by atoms with Gasteiger partial charge in [-0.2, -0.15) is 0 Å². The van der Waals surface area contributed by atoms with E-state index in [1.807, 2.05) is 22.6 Å². The molecule has 8 heteroatoms. The molecular weight excluding hydrogens is 409 g/mol. The molecule has 1 aromatic carbocycles. The van der Waals surface area contributed by atoms with Crippen LogP contribution in [0.1, 0.15) is 29.6 Å². The Morgan fingerprint density at radius 2 is 2.24 bits per heavy atom. The fourth-order valence-electron chi connectivity index (χ4n) is 2.15. The maximum Gasteiger partial charge on any atom is 0.336 e. The molecule has 6 nitrogen and oxygen atoms in total. The van der Waals surface area contributed by atoms with Crippen LogP contribution in [0.25, 0.3) is 0 Å².